The number of fused-ring (bicyclic) bond motifs is 1. The third-order valence-electron chi connectivity index (χ3n) is 6.52. The summed E-state index contributed by atoms with van der Waals surface area (Å²) in [6.07, 6.45) is 6.65. The normalized spacial score (nSPS) is 18.5. The minimum Gasteiger partial charge on any atom is -0.476 e. The first-order valence-electron chi connectivity index (χ1n) is 12.2. The van der Waals surface area contributed by atoms with Gasteiger partial charge in [-0.2, -0.15) is 0 Å². The molecule has 32 heavy (non-hydrogen) atoms. The molecule has 0 saturated heterocycles. The minimum atomic E-state index is -0.957. The van der Waals surface area contributed by atoms with E-state index in [0.717, 1.165) is 24.8 Å². The molecule has 1 saturated carbocycles. The third kappa shape index (κ3) is 5.11. The Morgan fingerprint density at radius 3 is 2.53 bits per heavy atom. The number of carbonyl (C=O) groups excluding carboxylic acids is 2. The predicted molar refractivity (Wildman–Crippen MR) is 128 cm³/mol. The van der Waals surface area contributed by atoms with Gasteiger partial charge < -0.3 is 19.3 Å². The number of hydrogen-bond acceptors (Lipinski definition) is 4. The topological polar surface area (TPSA) is 59.1 Å². The maximum atomic E-state index is 13.8. The van der Waals surface area contributed by atoms with Crippen molar-refractivity contribution in [3.05, 3.63) is 23.3 Å². The van der Waals surface area contributed by atoms with E-state index < -0.39 is 5.60 Å². The van der Waals surface area contributed by atoms with Gasteiger partial charge in [0.25, 0.3) is 11.8 Å². The van der Waals surface area contributed by atoms with Gasteiger partial charge in [0.2, 0.25) is 0 Å². The van der Waals surface area contributed by atoms with Gasteiger partial charge in [-0.25, -0.2) is 0 Å². The zero-order chi connectivity index (χ0) is 23.5. The molecule has 0 bridgehead atoms. The smallest absolute Gasteiger partial charge is 0.270 e. The summed E-state index contributed by atoms with van der Waals surface area (Å²) < 4.78 is 11.7. The fourth-order valence-electron chi connectivity index (χ4n) is 4.89. The minimum absolute atomic E-state index is 0.0478. The molecule has 2 amide bonds. The Bertz CT molecular complexity index is 827. The molecule has 1 aliphatic carbocycles. The van der Waals surface area contributed by atoms with E-state index in [1.54, 1.807) is 18.7 Å². The van der Waals surface area contributed by atoms with Crippen molar-refractivity contribution in [1.29, 1.82) is 0 Å². The van der Waals surface area contributed by atoms with Crippen LogP contribution in [0.2, 0.25) is 0 Å². The lowest BCUT2D eigenvalue weighted by atomic mass is 9.92. The third-order valence-corrected chi connectivity index (χ3v) is 6.52. The molecule has 1 heterocycles. The van der Waals surface area contributed by atoms with Crippen LogP contribution in [-0.2, 0) is 9.53 Å². The highest BCUT2D eigenvalue weighted by molar-refractivity contribution is 6.05. The molecule has 6 nitrogen and oxygen atoms in total. The van der Waals surface area contributed by atoms with Crippen LogP contribution < -0.4 is 9.64 Å². The molecule has 0 atom stereocenters. The van der Waals surface area contributed by atoms with Crippen molar-refractivity contribution in [2.45, 2.75) is 97.8 Å². The van der Waals surface area contributed by atoms with Gasteiger partial charge >= 0.3 is 0 Å². The van der Waals surface area contributed by atoms with Gasteiger partial charge in [0, 0.05) is 30.8 Å². The molecule has 1 aromatic rings. The summed E-state index contributed by atoms with van der Waals surface area (Å²) in [7, 11) is 0. The van der Waals surface area contributed by atoms with Gasteiger partial charge in [0.05, 0.1) is 12.3 Å². The molecule has 3 rings (SSSR count). The number of nitrogens with zero attached hydrogens (tertiary/aromatic N) is 2. The molecule has 0 spiro atoms. The van der Waals surface area contributed by atoms with Crippen LogP contribution in [0.5, 0.6) is 5.75 Å². The number of anilines is 1. The van der Waals surface area contributed by atoms with Crippen molar-refractivity contribution < 1.29 is 19.1 Å². The first kappa shape index (κ1) is 24.6. The van der Waals surface area contributed by atoms with Crippen LogP contribution in [0.4, 0.5) is 5.69 Å². The van der Waals surface area contributed by atoms with E-state index in [1.807, 2.05) is 19.1 Å². The molecule has 0 radical (unpaired) electrons. The summed E-state index contributed by atoms with van der Waals surface area (Å²) in [4.78, 5) is 30.7. The Hall–Kier alpha value is -2.08. The highest BCUT2D eigenvalue weighted by Gasteiger charge is 2.41. The Balaban J connectivity index is 1.96. The van der Waals surface area contributed by atoms with Crippen molar-refractivity contribution in [3.8, 4) is 5.75 Å². The maximum Gasteiger partial charge on any atom is 0.270 e. The lowest BCUT2D eigenvalue weighted by Crippen LogP contribution is -2.53. The molecule has 6 heteroatoms. The second-order valence-electron chi connectivity index (χ2n) is 9.91. The molecule has 178 valence electrons. The fraction of sp³-hybridized carbons (Fsp3) is 0.692. The number of aryl methyl sites for hydroxylation is 1. The van der Waals surface area contributed by atoms with Crippen molar-refractivity contribution in [2.24, 2.45) is 0 Å². The van der Waals surface area contributed by atoms with Crippen molar-refractivity contribution in [3.63, 3.8) is 0 Å². The number of ether oxygens (including phenoxy) is 2. The molecule has 0 unspecified atom stereocenters. The van der Waals surface area contributed by atoms with Gasteiger partial charge in [-0.3, -0.25) is 9.59 Å². The molecule has 0 aromatic heterocycles. The average molecular weight is 445 g/mol. The largest absolute Gasteiger partial charge is 0.476 e. The highest BCUT2D eigenvalue weighted by Crippen LogP contribution is 2.40. The van der Waals surface area contributed by atoms with E-state index in [4.69, 9.17) is 9.47 Å². The summed E-state index contributed by atoms with van der Waals surface area (Å²) in [6, 6.07) is 4.17. The van der Waals surface area contributed by atoms with Crippen molar-refractivity contribution in [1.82, 2.24) is 4.90 Å². The quantitative estimate of drug-likeness (QED) is 0.523. The molecule has 0 N–H and O–H groups in total. The lowest BCUT2D eigenvalue weighted by Gasteiger charge is -2.40. The Morgan fingerprint density at radius 1 is 1.22 bits per heavy atom. The van der Waals surface area contributed by atoms with Crippen LogP contribution in [0.1, 0.15) is 89.1 Å². The fourth-order valence-corrected chi connectivity index (χ4v) is 4.89. The maximum absolute atomic E-state index is 13.8. The lowest BCUT2D eigenvalue weighted by molar-refractivity contribution is -0.132. The van der Waals surface area contributed by atoms with Gasteiger partial charge in [-0.15, -0.1) is 0 Å². The number of amides is 2. The molecular weight excluding hydrogens is 404 g/mol. The van der Waals surface area contributed by atoms with Crippen LogP contribution in [0.25, 0.3) is 0 Å². The highest BCUT2D eigenvalue weighted by atomic mass is 16.5. The van der Waals surface area contributed by atoms with Crippen molar-refractivity contribution in [2.75, 3.05) is 24.7 Å². The predicted octanol–water partition coefficient (Wildman–Crippen LogP) is 5.11. The van der Waals surface area contributed by atoms with Gasteiger partial charge in [0.15, 0.2) is 5.60 Å². The summed E-state index contributed by atoms with van der Waals surface area (Å²) in [6.45, 7) is 13.3. The van der Waals surface area contributed by atoms with Gasteiger partial charge in [0.1, 0.15) is 5.75 Å². The molecule has 1 aromatic carbocycles. The molecule has 1 fully saturated rings. The van der Waals surface area contributed by atoms with E-state index >= 15 is 0 Å². The van der Waals surface area contributed by atoms with E-state index in [9.17, 15) is 9.59 Å². The van der Waals surface area contributed by atoms with E-state index in [0.29, 0.717) is 36.8 Å². The summed E-state index contributed by atoms with van der Waals surface area (Å²) >= 11 is 0. The van der Waals surface area contributed by atoms with Crippen LogP contribution in [0, 0.1) is 6.92 Å². The van der Waals surface area contributed by atoms with Crippen LogP contribution >= 0.6 is 0 Å². The summed E-state index contributed by atoms with van der Waals surface area (Å²) in [5.74, 6) is 0.583. The first-order chi connectivity index (χ1) is 15.2. The standard InChI is InChI=1S/C26H40N2O4/c1-7-14-31-15-13-27-22-17-21(19(4)16-23(22)32-26(5,6)25(27)30)24(29)28(18(2)3)20-11-9-8-10-12-20/h16-18,20H,7-15H2,1-6H3. The number of benzene rings is 1. The zero-order valence-corrected chi connectivity index (χ0v) is 20.7. The Morgan fingerprint density at radius 2 is 1.91 bits per heavy atom. The number of rotatable bonds is 8. The SMILES string of the molecule is CCCOCCN1C(=O)C(C)(C)Oc2cc(C)c(C(=O)N(C(C)C)C3CCCCC3)cc21. The summed E-state index contributed by atoms with van der Waals surface area (Å²) in [5, 5.41) is 0. The monoisotopic (exact) mass is 444 g/mol. The zero-order valence-electron chi connectivity index (χ0n) is 20.7. The summed E-state index contributed by atoms with van der Waals surface area (Å²) in [5.41, 5.74) is 1.23. The molecule has 2 aliphatic rings. The second kappa shape index (κ2) is 10.2. The Labute approximate surface area is 193 Å². The van der Waals surface area contributed by atoms with Crippen LogP contribution in [-0.4, -0.2) is 54.2 Å². The average Bonchev–Trinajstić information content (AvgIpc) is 2.73. The van der Waals surface area contributed by atoms with Crippen molar-refractivity contribution >= 4 is 17.5 Å². The number of carbonyl (C=O) groups is 2. The van der Waals surface area contributed by atoms with Gasteiger partial charge in [-0.05, 0) is 71.6 Å². The Kier molecular flexibility index (Phi) is 7.86. The van der Waals surface area contributed by atoms with Crippen LogP contribution in [0.3, 0.4) is 0 Å². The van der Waals surface area contributed by atoms with E-state index in [1.165, 1.54) is 19.3 Å². The first-order valence-corrected chi connectivity index (χ1v) is 12.2. The second-order valence-corrected chi connectivity index (χ2v) is 9.91. The van der Waals surface area contributed by atoms with E-state index in [-0.39, 0.29) is 23.9 Å². The molecular formula is C26H40N2O4. The molecule has 1 aliphatic heterocycles. The number of hydrogen-bond donors (Lipinski definition) is 0. The van der Waals surface area contributed by atoms with Gasteiger partial charge in [-0.1, -0.05) is 26.2 Å². The van der Waals surface area contributed by atoms with Crippen LogP contribution in [0.15, 0.2) is 12.1 Å². The van der Waals surface area contributed by atoms with E-state index in [2.05, 4.69) is 25.7 Å².